The second kappa shape index (κ2) is 9.09. The summed E-state index contributed by atoms with van der Waals surface area (Å²) in [6.07, 6.45) is 0. The Morgan fingerprint density at radius 1 is 1.30 bits per heavy atom. The Bertz CT molecular complexity index is 801. The second-order valence-corrected chi connectivity index (χ2v) is 8.56. The Morgan fingerprint density at radius 3 is 2.78 bits per heavy atom. The van der Waals surface area contributed by atoms with Gasteiger partial charge in [0.05, 0.1) is 6.54 Å². The molecule has 0 saturated carbocycles. The van der Waals surface area contributed by atoms with Crippen LogP contribution in [0.1, 0.15) is 30.3 Å². The van der Waals surface area contributed by atoms with Crippen molar-refractivity contribution in [2.24, 2.45) is 0 Å². The Kier molecular flexibility index (Phi) is 6.79. The van der Waals surface area contributed by atoms with Crippen molar-refractivity contribution in [1.82, 2.24) is 9.80 Å². The SMILES string of the molecule is CC(C)N(CC(=O)N1CCS[C@H]1c1ccccc1Cl)Cc1cccc(F)c1. The number of rotatable bonds is 6. The molecule has 1 amide bonds. The van der Waals surface area contributed by atoms with Crippen molar-refractivity contribution in [2.45, 2.75) is 31.8 Å². The van der Waals surface area contributed by atoms with Gasteiger partial charge in [-0.1, -0.05) is 41.9 Å². The van der Waals surface area contributed by atoms with Crippen molar-refractivity contribution >= 4 is 29.3 Å². The monoisotopic (exact) mass is 406 g/mol. The molecule has 1 heterocycles. The zero-order chi connectivity index (χ0) is 19.4. The van der Waals surface area contributed by atoms with Crippen molar-refractivity contribution in [3.63, 3.8) is 0 Å². The van der Waals surface area contributed by atoms with Crippen LogP contribution in [-0.4, -0.2) is 40.6 Å². The van der Waals surface area contributed by atoms with Gasteiger partial charge in [0.15, 0.2) is 0 Å². The smallest absolute Gasteiger partial charge is 0.237 e. The van der Waals surface area contributed by atoms with Crippen molar-refractivity contribution in [3.05, 3.63) is 70.5 Å². The first-order valence-corrected chi connectivity index (χ1v) is 10.5. The summed E-state index contributed by atoms with van der Waals surface area (Å²) in [5.41, 5.74) is 1.85. The van der Waals surface area contributed by atoms with Crippen LogP contribution in [0, 0.1) is 5.82 Å². The van der Waals surface area contributed by atoms with Crippen LogP contribution in [0.3, 0.4) is 0 Å². The van der Waals surface area contributed by atoms with Gasteiger partial charge in [-0.3, -0.25) is 9.69 Å². The number of carbonyl (C=O) groups excluding carboxylic acids is 1. The third-order valence-corrected chi connectivity index (χ3v) is 6.31. The lowest BCUT2D eigenvalue weighted by atomic mass is 10.1. The number of hydrogen-bond donors (Lipinski definition) is 0. The van der Waals surface area contributed by atoms with Gasteiger partial charge in [-0.2, -0.15) is 0 Å². The van der Waals surface area contributed by atoms with Gasteiger partial charge in [-0.25, -0.2) is 4.39 Å². The van der Waals surface area contributed by atoms with Crippen LogP contribution in [0.15, 0.2) is 48.5 Å². The van der Waals surface area contributed by atoms with Gasteiger partial charge in [0.2, 0.25) is 5.91 Å². The molecule has 1 atom stereocenters. The van der Waals surface area contributed by atoms with Gasteiger partial charge in [-0.05, 0) is 37.6 Å². The number of halogens is 2. The predicted molar refractivity (Wildman–Crippen MR) is 110 cm³/mol. The van der Waals surface area contributed by atoms with Gasteiger partial charge in [0, 0.05) is 35.5 Å². The Labute approximate surface area is 169 Å². The third-order valence-electron chi connectivity index (χ3n) is 4.73. The first-order valence-electron chi connectivity index (χ1n) is 9.09. The van der Waals surface area contributed by atoms with E-state index in [0.717, 1.165) is 16.9 Å². The molecule has 0 N–H and O–H groups in total. The van der Waals surface area contributed by atoms with E-state index < -0.39 is 0 Å². The molecule has 1 aliphatic heterocycles. The summed E-state index contributed by atoms with van der Waals surface area (Å²) < 4.78 is 13.5. The standard InChI is InChI=1S/C21H24ClFN2OS/c1-15(2)24(13-16-6-5-7-17(23)12-16)14-20(26)25-10-11-27-21(25)18-8-3-4-9-19(18)22/h3-9,12,15,21H,10-11,13-14H2,1-2H3/t21-/m0/s1. The van der Waals surface area contributed by atoms with Crippen LogP contribution >= 0.6 is 23.4 Å². The van der Waals surface area contributed by atoms with E-state index in [1.54, 1.807) is 17.8 Å². The van der Waals surface area contributed by atoms with E-state index in [4.69, 9.17) is 11.6 Å². The highest BCUT2D eigenvalue weighted by molar-refractivity contribution is 7.99. The fourth-order valence-corrected chi connectivity index (χ4v) is 4.83. The van der Waals surface area contributed by atoms with Crippen LogP contribution < -0.4 is 0 Å². The highest BCUT2D eigenvalue weighted by Gasteiger charge is 2.32. The molecule has 0 aliphatic carbocycles. The van der Waals surface area contributed by atoms with Crippen molar-refractivity contribution in [3.8, 4) is 0 Å². The van der Waals surface area contributed by atoms with E-state index in [1.807, 2.05) is 35.2 Å². The second-order valence-electron chi connectivity index (χ2n) is 6.96. The molecule has 2 aromatic carbocycles. The van der Waals surface area contributed by atoms with Gasteiger partial charge in [0.25, 0.3) is 0 Å². The van der Waals surface area contributed by atoms with Gasteiger partial charge < -0.3 is 4.90 Å². The molecule has 2 aromatic rings. The number of thioether (sulfide) groups is 1. The topological polar surface area (TPSA) is 23.6 Å². The van der Waals surface area contributed by atoms with Crippen molar-refractivity contribution in [2.75, 3.05) is 18.8 Å². The Morgan fingerprint density at radius 2 is 2.07 bits per heavy atom. The first-order chi connectivity index (χ1) is 13.0. The molecule has 0 aromatic heterocycles. The molecule has 0 radical (unpaired) electrons. The van der Waals surface area contributed by atoms with E-state index in [1.165, 1.54) is 12.1 Å². The number of nitrogens with zero attached hydrogens (tertiary/aromatic N) is 2. The molecular weight excluding hydrogens is 383 g/mol. The third kappa shape index (κ3) is 5.03. The molecule has 3 rings (SSSR count). The highest BCUT2D eigenvalue weighted by Crippen LogP contribution is 2.40. The molecular formula is C21H24ClFN2OS. The minimum absolute atomic E-state index is 0.0469. The van der Waals surface area contributed by atoms with Crippen LogP contribution in [0.25, 0.3) is 0 Å². The Hall–Kier alpha value is -1.56. The fourth-order valence-electron chi connectivity index (χ4n) is 3.21. The minimum atomic E-state index is -0.253. The van der Waals surface area contributed by atoms with Crippen molar-refractivity contribution in [1.29, 1.82) is 0 Å². The van der Waals surface area contributed by atoms with E-state index >= 15 is 0 Å². The summed E-state index contributed by atoms with van der Waals surface area (Å²) in [5, 5.41) is 0.643. The number of hydrogen-bond acceptors (Lipinski definition) is 3. The van der Waals surface area contributed by atoms with E-state index in [2.05, 4.69) is 18.7 Å². The van der Waals surface area contributed by atoms with Crippen LogP contribution in [0.2, 0.25) is 5.02 Å². The molecule has 144 valence electrons. The van der Waals surface area contributed by atoms with Crippen LogP contribution in [0.5, 0.6) is 0 Å². The molecule has 0 unspecified atom stereocenters. The highest BCUT2D eigenvalue weighted by atomic mass is 35.5. The molecule has 0 bridgehead atoms. The Balaban J connectivity index is 1.72. The lowest BCUT2D eigenvalue weighted by Crippen LogP contribution is -2.42. The molecule has 1 aliphatic rings. The predicted octanol–water partition coefficient (Wildman–Crippen LogP) is 4.96. The largest absolute Gasteiger partial charge is 0.325 e. The zero-order valence-electron chi connectivity index (χ0n) is 15.6. The maximum Gasteiger partial charge on any atom is 0.237 e. The fraction of sp³-hybridized carbons (Fsp3) is 0.381. The maximum atomic E-state index is 13.5. The molecule has 0 spiro atoms. The molecule has 27 heavy (non-hydrogen) atoms. The minimum Gasteiger partial charge on any atom is -0.325 e. The summed E-state index contributed by atoms with van der Waals surface area (Å²) in [7, 11) is 0. The van der Waals surface area contributed by atoms with Crippen molar-refractivity contribution < 1.29 is 9.18 Å². The molecule has 6 heteroatoms. The number of benzene rings is 2. The normalized spacial score (nSPS) is 17.1. The lowest BCUT2D eigenvalue weighted by molar-refractivity contribution is -0.133. The first kappa shape index (κ1) is 20.2. The summed E-state index contributed by atoms with van der Waals surface area (Å²) in [5.74, 6) is 0.722. The summed E-state index contributed by atoms with van der Waals surface area (Å²) in [6, 6.07) is 14.4. The summed E-state index contributed by atoms with van der Waals surface area (Å²) in [6.45, 7) is 5.66. The van der Waals surface area contributed by atoms with Crippen LogP contribution in [-0.2, 0) is 11.3 Å². The molecule has 3 nitrogen and oxygen atoms in total. The van der Waals surface area contributed by atoms with E-state index in [0.29, 0.717) is 24.7 Å². The van der Waals surface area contributed by atoms with Crippen LogP contribution in [0.4, 0.5) is 4.39 Å². The maximum absolute atomic E-state index is 13.5. The van der Waals surface area contributed by atoms with E-state index in [-0.39, 0.29) is 23.1 Å². The average molecular weight is 407 g/mol. The molecule has 1 saturated heterocycles. The quantitative estimate of drug-likeness (QED) is 0.677. The lowest BCUT2D eigenvalue weighted by Gasteiger charge is -2.30. The zero-order valence-corrected chi connectivity index (χ0v) is 17.1. The average Bonchev–Trinajstić information content (AvgIpc) is 3.11. The van der Waals surface area contributed by atoms with Gasteiger partial charge >= 0.3 is 0 Å². The number of amides is 1. The molecule has 1 fully saturated rings. The van der Waals surface area contributed by atoms with Gasteiger partial charge in [0.1, 0.15) is 11.2 Å². The number of carbonyl (C=O) groups is 1. The van der Waals surface area contributed by atoms with Gasteiger partial charge in [-0.15, -0.1) is 11.8 Å². The summed E-state index contributed by atoms with van der Waals surface area (Å²) >= 11 is 8.10. The summed E-state index contributed by atoms with van der Waals surface area (Å²) in [4.78, 5) is 17.0. The van der Waals surface area contributed by atoms with E-state index in [9.17, 15) is 9.18 Å².